The van der Waals surface area contributed by atoms with Gasteiger partial charge in [-0.05, 0) is 95.3 Å². The Kier molecular flexibility index (Phi) is 7.28. The van der Waals surface area contributed by atoms with Gasteiger partial charge in [0.1, 0.15) is 0 Å². The first-order valence-electron chi connectivity index (χ1n) is 12.1. The van der Waals surface area contributed by atoms with Crippen molar-refractivity contribution >= 4 is 80.3 Å². The molecule has 1 heterocycles. The van der Waals surface area contributed by atoms with Crippen LogP contribution in [0.3, 0.4) is 0 Å². The maximum atomic E-state index is 4.78. The van der Waals surface area contributed by atoms with E-state index in [1.807, 2.05) is 0 Å². The number of hydrogen-bond acceptors (Lipinski definition) is 1. The number of hydrogen-bond donors (Lipinski definition) is 1. The van der Waals surface area contributed by atoms with E-state index in [1.165, 1.54) is 55.7 Å². The molecule has 1 aromatic heterocycles. The molecule has 5 aromatic rings. The van der Waals surface area contributed by atoms with Crippen molar-refractivity contribution in [3.05, 3.63) is 125 Å². The molecule has 2 aliphatic rings. The van der Waals surface area contributed by atoms with E-state index in [0.29, 0.717) is 0 Å². The highest BCUT2D eigenvalue weighted by molar-refractivity contribution is 9.11. The molecule has 0 aliphatic heterocycles. The molecule has 0 spiro atoms. The molecular weight excluding hydrogens is 720 g/mol. The number of benzene rings is 4. The second-order valence-electron chi connectivity index (χ2n) is 9.34. The summed E-state index contributed by atoms with van der Waals surface area (Å²) >= 11 is 14.1. The molecule has 0 fully saturated rings. The van der Waals surface area contributed by atoms with Crippen LogP contribution in [0.25, 0.3) is 22.2 Å². The van der Waals surface area contributed by atoms with Gasteiger partial charge in [-0.1, -0.05) is 88.0 Å². The number of nitrogens with one attached hydrogen (secondary N) is 1. The lowest BCUT2D eigenvalue weighted by molar-refractivity contribution is 1.03. The number of aliphatic imine (C=N–C) groups is 1. The Balaban J connectivity index is 0.000000136. The van der Waals surface area contributed by atoms with Gasteiger partial charge in [0.15, 0.2) is 0 Å². The Bertz CT molecular complexity index is 1670. The monoisotopic (exact) mass is 738 g/mol. The van der Waals surface area contributed by atoms with Crippen LogP contribution in [0.4, 0.5) is 0 Å². The SMILES string of the molecule is Brc1ccc(CN=C2CCc3cc(Br)ccc32)cc1.Brc1ccc2c(c1)Cc1c-2[nH]c2ccc(Br)cc12. The van der Waals surface area contributed by atoms with Gasteiger partial charge in [-0.3, -0.25) is 4.99 Å². The first kappa shape index (κ1) is 25.3. The zero-order valence-electron chi connectivity index (χ0n) is 19.8. The predicted octanol–water partition coefficient (Wildman–Crippen LogP) is 10.4. The van der Waals surface area contributed by atoms with Crippen LogP contribution in [0.15, 0.2) is 102 Å². The molecule has 6 heteroatoms. The van der Waals surface area contributed by atoms with Gasteiger partial charge < -0.3 is 4.98 Å². The van der Waals surface area contributed by atoms with Gasteiger partial charge in [0.25, 0.3) is 0 Å². The molecule has 0 saturated carbocycles. The standard InChI is InChI=1S/C16H13Br2N.C15H9Br2N/c17-13-4-1-11(2-5-13)10-19-16-8-3-12-9-14(18)6-7-15(12)16;16-9-1-3-11-8(5-9)6-13-12-7-10(17)2-4-14(12)18-15(11)13/h1-2,4-7,9H,3,8,10H2;1-5,7,18H,6H2. The van der Waals surface area contributed by atoms with E-state index in [4.69, 9.17) is 4.99 Å². The molecule has 0 bridgehead atoms. The Morgan fingerprint density at radius 2 is 1.30 bits per heavy atom. The number of aromatic amines is 1. The highest BCUT2D eigenvalue weighted by Gasteiger charge is 2.23. The van der Waals surface area contributed by atoms with E-state index >= 15 is 0 Å². The highest BCUT2D eigenvalue weighted by Crippen LogP contribution is 2.41. The third-order valence-corrected chi connectivity index (χ3v) is 8.96. The molecule has 0 radical (unpaired) electrons. The molecular formula is C31H22Br4N2. The van der Waals surface area contributed by atoms with Gasteiger partial charge in [0.2, 0.25) is 0 Å². The summed E-state index contributed by atoms with van der Waals surface area (Å²) in [4.78, 5) is 8.32. The lowest BCUT2D eigenvalue weighted by Gasteiger charge is -2.02. The van der Waals surface area contributed by atoms with Crippen molar-refractivity contribution in [2.24, 2.45) is 4.99 Å². The summed E-state index contributed by atoms with van der Waals surface area (Å²) in [5.41, 5.74) is 11.9. The van der Waals surface area contributed by atoms with Crippen molar-refractivity contribution in [2.75, 3.05) is 0 Å². The van der Waals surface area contributed by atoms with E-state index in [1.54, 1.807) is 0 Å². The Labute approximate surface area is 250 Å². The van der Waals surface area contributed by atoms with Crippen molar-refractivity contribution in [1.82, 2.24) is 4.98 Å². The number of aryl methyl sites for hydroxylation is 1. The second kappa shape index (κ2) is 10.6. The van der Waals surface area contributed by atoms with Gasteiger partial charge in [0, 0.05) is 46.5 Å². The molecule has 37 heavy (non-hydrogen) atoms. The first-order chi connectivity index (χ1) is 17.9. The summed E-state index contributed by atoms with van der Waals surface area (Å²) in [5, 5.41) is 1.33. The first-order valence-corrected chi connectivity index (χ1v) is 15.3. The third-order valence-electron chi connectivity index (χ3n) is 6.95. The number of aromatic nitrogens is 1. The highest BCUT2D eigenvalue weighted by atomic mass is 79.9. The van der Waals surface area contributed by atoms with Crippen molar-refractivity contribution in [3.63, 3.8) is 0 Å². The number of H-pyrrole nitrogens is 1. The molecule has 0 unspecified atom stereocenters. The molecule has 0 saturated heterocycles. The van der Waals surface area contributed by atoms with E-state index in [2.05, 4.69) is 148 Å². The van der Waals surface area contributed by atoms with Crippen molar-refractivity contribution < 1.29 is 0 Å². The lowest BCUT2D eigenvalue weighted by Crippen LogP contribution is -1.95. The van der Waals surface area contributed by atoms with Crippen LogP contribution in [0.5, 0.6) is 0 Å². The average Bonchev–Trinajstić information content (AvgIpc) is 3.55. The molecule has 2 aliphatic carbocycles. The smallest absolute Gasteiger partial charge is 0.0643 e. The fourth-order valence-electron chi connectivity index (χ4n) is 5.16. The summed E-state index contributed by atoms with van der Waals surface area (Å²) in [7, 11) is 0. The minimum atomic E-state index is 0.762. The van der Waals surface area contributed by atoms with E-state index < -0.39 is 0 Å². The van der Waals surface area contributed by atoms with E-state index in [9.17, 15) is 0 Å². The van der Waals surface area contributed by atoms with Crippen LogP contribution >= 0.6 is 63.7 Å². The zero-order valence-corrected chi connectivity index (χ0v) is 26.1. The number of nitrogens with zero attached hydrogens (tertiary/aromatic N) is 1. The summed E-state index contributed by atoms with van der Waals surface area (Å²) in [5.74, 6) is 0. The van der Waals surface area contributed by atoms with Crippen LogP contribution < -0.4 is 0 Å². The third kappa shape index (κ3) is 5.31. The van der Waals surface area contributed by atoms with E-state index in [-0.39, 0.29) is 0 Å². The molecule has 4 aromatic carbocycles. The fourth-order valence-corrected chi connectivity index (χ4v) is 6.60. The van der Waals surface area contributed by atoms with Gasteiger partial charge in [-0.2, -0.15) is 0 Å². The molecule has 7 rings (SSSR count). The van der Waals surface area contributed by atoms with Crippen LogP contribution in [-0.2, 0) is 19.4 Å². The minimum absolute atomic E-state index is 0.762. The van der Waals surface area contributed by atoms with Crippen LogP contribution in [-0.4, -0.2) is 10.7 Å². The number of fused-ring (bicyclic) bond motifs is 6. The summed E-state index contributed by atoms with van der Waals surface area (Å²) in [6.45, 7) is 0.762. The summed E-state index contributed by atoms with van der Waals surface area (Å²) < 4.78 is 4.55. The Hall–Kier alpha value is -1.99. The molecule has 0 atom stereocenters. The molecule has 0 amide bonds. The lowest BCUT2D eigenvalue weighted by atomic mass is 10.1. The quantitative estimate of drug-likeness (QED) is 0.183. The largest absolute Gasteiger partial charge is 0.354 e. The van der Waals surface area contributed by atoms with Crippen molar-refractivity contribution in [1.29, 1.82) is 0 Å². The second-order valence-corrected chi connectivity index (χ2v) is 13.0. The van der Waals surface area contributed by atoms with Gasteiger partial charge in [0.05, 0.1) is 12.2 Å². The molecule has 2 nitrogen and oxygen atoms in total. The van der Waals surface area contributed by atoms with Gasteiger partial charge in [-0.25, -0.2) is 0 Å². The predicted molar refractivity (Wildman–Crippen MR) is 169 cm³/mol. The van der Waals surface area contributed by atoms with Crippen LogP contribution in [0, 0.1) is 0 Å². The van der Waals surface area contributed by atoms with Crippen LogP contribution in [0.1, 0.15) is 34.2 Å². The van der Waals surface area contributed by atoms with Gasteiger partial charge >= 0.3 is 0 Å². The van der Waals surface area contributed by atoms with E-state index in [0.717, 1.165) is 43.7 Å². The topological polar surface area (TPSA) is 28.1 Å². The summed E-state index contributed by atoms with van der Waals surface area (Å²) in [6, 6.07) is 27.8. The number of halogens is 4. The fraction of sp³-hybridized carbons (Fsp3) is 0.129. The Morgan fingerprint density at radius 3 is 2.08 bits per heavy atom. The molecule has 1 N–H and O–H groups in total. The maximum Gasteiger partial charge on any atom is 0.0643 e. The normalized spacial score (nSPS) is 14.3. The Morgan fingerprint density at radius 1 is 0.649 bits per heavy atom. The maximum absolute atomic E-state index is 4.78. The average molecular weight is 742 g/mol. The minimum Gasteiger partial charge on any atom is -0.354 e. The molecule has 184 valence electrons. The van der Waals surface area contributed by atoms with Gasteiger partial charge in [-0.15, -0.1) is 0 Å². The number of rotatable bonds is 2. The van der Waals surface area contributed by atoms with Crippen molar-refractivity contribution in [2.45, 2.75) is 25.8 Å². The zero-order chi connectivity index (χ0) is 25.5. The summed E-state index contributed by atoms with van der Waals surface area (Å²) in [6.07, 6.45) is 3.18. The van der Waals surface area contributed by atoms with Crippen molar-refractivity contribution in [3.8, 4) is 11.3 Å². The van der Waals surface area contributed by atoms with Crippen LogP contribution in [0.2, 0.25) is 0 Å².